The smallest absolute Gasteiger partial charge is 0.417 e. The van der Waals surface area contributed by atoms with Crippen molar-refractivity contribution in [2.75, 3.05) is 6.61 Å². The van der Waals surface area contributed by atoms with Gasteiger partial charge in [-0.2, -0.15) is 18.4 Å². The van der Waals surface area contributed by atoms with Gasteiger partial charge in [0, 0.05) is 28.3 Å². The number of alkyl halides is 3. The summed E-state index contributed by atoms with van der Waals surface area (Å²) in [4.78, 5) is 29.1. The summed E-state index contributed by atoms with van der Waals surface area (Å²) >= 11 is 0.894. The number of hydrogen-bond acceptors (Lipinski definition) is 7. The van der Waals surface area contributed by atoms with Crippen molar-refractivity contribution in [3.05, 3.63) is 92.9 Å². The Balaban J connectivity index is 1.90. The molecule has 0 bridgehead atoms. The molecule has 0 saturated heterocycles. The first kappa shape index (κ1) is 27.5. The Labute approximate surface area is 221 Å². The average molecular weight is 560 g/mol. The number of benzene rings is 1. The van der Waals surface area contributed by atoms with E-state index in [4.69, 9.17) is 4.74 Å². The zero-order chi connectivity index (χ0) is 28.5. The maximum Gasteiger partial charge on any atom is 0.417 e. The van der Waals surface area contributed by atoms with E-state index in [0.29, 0.717) is 17.0 Å². The topological polar surface area (TPSA) is 108 Å². The van der Waals surface area contributed by atoms with E-state index in [1.165, 1.54) is 30.5 Å². The number of aromatic nitrogens is 2. The van der Waals surface area contributed by atoms with Gasteiger partial charge < -0.3 is 19.2 Å². The number of nitriles is 1. The zero-order valence-corrected chi connectivity index (χ0v) is 20.6. The van der Waals surface area contributed by atoms with Crippen molar-refractivity contribution in [3.8, 4) is 33.0 Å². The lowest BCUT2D eigenvalue weighted by atomic mass is 10.1. The molecule has 0 N–H and O–H groups in total. The van der Waals surface area contributed by atoms with Crippen LogP contribution in [-0.4, -0.2) is 22.1 Å². The first-order chi connectivity index (χ1) is 18.4. The van der Waals surface area contributed by atoms with Crippen LogP contribution in [0.2, 0.25) is 0 Å². The van der Waals surface area contributed by atoms with Crippen LogP contribution in [0.25, 0.3) is 21.0 Å². The van der Waals surface area contributed by atoms with Gasteiger partial charge in [-0.15, -0.1) is 11.3 Å². The second-order valence-electron chi connectivity index (χ2n) is 8.02. The van der Waals surface area contributed by atoms with Crippen molar-refractivity contribution in [1.82, 2.24) is 9.55 Å². The van der Waals surface area contributed by atoms with Crippen molar-refractivity contribution in [3.63, 3.8) is 0 Å². The number of carboxylic acid groups (broad SMARTS) is 1. The van der Waals surface area contributed by atoms with Crippen LogP contribution in [0, 0.1) is 23.0 Å². The predicted octanol–water partition coefficient (Wildman–Crippen LogP) is 4.62. The fourth-order valence-corrected chi connectivity index (χ4v) is 4.79. The Morgan fingerprint density at radius 2 is 1.87 bits per heavy atom. The summed E-state index contributed by atoms with van der Waals surface area (Å²) in [6.07, 6.45) is -3.75. The van der Waals surface area contributed by atoms with E-state index in [-0.39, 0.29) is 39.7 Å². The molecule has 0 aliphatic heterocycles. The SMILES string of the molecule is CCOc1ncc(-c2ccc(-c3cc(C(F)(F)F)c(C#N)c(=O)n3Cc3ccc(F)cc3F)s2)cc1C(=O)[O-]. The molecule has 0 radical (unpaired) electrons. The van der Waals surface area contributed by atoms with E-state index < -0.39 is 47.0 Å². The molecule has 1 aromatic carbocycles. The molecule has 39 heavy (non-hydrogen) atoms. The molecule has 0 fully saturated rings. The molecular formula is C26H15F5N3O4S-. The average Bonchev–Trinajstić information content (AvgIpc) is 3.36. The molecule has 4 aromatic rings. The molecule has 3 aromatic heterocycles. The maximum absolute atomic E-state index is 14.4. The highest BCUT2D eigenvalue weighted by Crippen LogP contribution is 2.38. The molecule has 0 unspecified atom stereocenters. The maximum atomic E-state index is 14.4. The minimum Gasteiger partial charge on any atom is -0.545 e. The Morgan fingerprint density at radius 1 is 1.15 bits per heavy atom. The fraction of sp³-hybridized carbons (Fsp3) is 0.154. The Kier molecular flexibility index (Phi) is 7.51. The summed E-state index contributed by atoms with van der Waals surface area (Å²) < 4.78 is 75.1. The largest absolute Gasteiger partial charge is 0.545 e. The number of halogens is 5. The molecule has 0 saturated carbocycles. The van der Waals surface area contributed by atoms with Crippen LogP contribution in [0.1, 0.15) is 34.0 Å². The standard InChI is InChI=1S/C26H16F5N3O4S/c1-2-38-23-16(25(36)37)7-14(11-33-23)21-5-6-22(39-21)20-9-18(26(29,30)31)17(10-32)24(35)34(20)12-13-3-4-15(27)8-19(13)28/h3-9,11H,2,12H2,1H3,(H,36,37)/p-1. The van der Waals surface area contributed by atoms with Crippen molar-refractivity contribution in [2.45, 2.75) is 19.6 Å². The summed E-state index contributed by atoms with van der Waals surface area (Å²) in [5.74, 6) is -3.65. The number of nitrogens with zero attached hydrogens (tertiary/aromatic N) is 3. The summed E-state index contributed by atoms with van der Waals surface area (Å²) in [7, 11) is 0. The van der Waals surface area contributed by atoms with Gasteiger partial charge >= 0.3 is 6.18 Å². The Bertz CT molecular complexity index is 1690. The second kappa shape index (κ2) is 10.7. The number of thiophene rings is 1. The van der Waals surface area contributed by atoms with Crippen LogP contribution in [0.15, 0.2) is 53.5 Å². The molecule has 7 nitrogen and oxygen atoms in total. The number of carbonyl (C=O) groups excluding carboxylic acids is 1. The van der Waals surface area contributed by atoms with Crippen LogP contribution in [-0.2, 0) is 12.7 Å². The van der Waals surface area contributed by atoms with Crippen molar-refractivity contribution in [2.24, 2.45) is 0 Å². The minimum absolute atomic E-state index is 0.114. The van der Waals surface area contributed by atoms with Crippen LogP contribution >= 0.6 is 11.3 Å². The molecule has 4 rings (SSSR count). The molecule has 200 valence electrons. The molecular weight excluding hydrogens is 545 g/mol. The van der Waals surface area contributed by atoms with Crippen molar-refractivity contribution < 1.29 is 36.6 Å². The first-order valence-electron chi connectivity index (χ1n) is 11.1. The van der Waals surface area contributed by atoms with Crippen LogP contribution in [0.3, 0.4) is 0 Å². The Hall–Kier alpha value is -4.57. The highest BCUT2D eigenvalue weighted by atomic mass is 32.1. The third-order valence-corrected chi connectivity index (χ3v) is 6.71. The van der Waals surface area contributed by atoms with Gasteiger partial charge in [-0.05, 0) is 37.3 Å². The van der Waals surface area contributed by atoms with Crippen molar-refractivity contribution in [1.29, 1.82) is 5.26 Å². The van der Waals surface area contributed by atoms with Gasteiger partial charge in [0.1, 0.15) is 23.3 Å². The number of rotatable bonds is 7. The molecule has 0 aliphatic carbocycles. The zero-order valence-electron chi connectivity index (χ0n) is 19.8. The quantitative estimate of drug-likeness (QED) is 0.306. The van der Waals surface area contributed by atoms with E-state index in [1.54, 1.807) is 6.92 Å². The number of hydrogen-bond donors (Lipinski definition) is 0. The van der Waals surface area contributed by atoms with Gasteiger partial charge in [0.25, 0.3) is 5.56 Å². The van der Waals surface area contributed by atoms with Gasteiger partial charge in [-0.3, -0.25) is 4.79 Å². The number of carbonyl (C=O) groups is 1. The third kappa shape index (κ3) is 5.51. The van der Waals surface area contributed by atoms with Gasteiger partial charge in [-0.1, -0.05) is 6.07 Å². The number of carboxylic acids is 1. The lowest BCUT2D eigenvalue weighted by molar-refractivity contribution is -0.255. The monoisotopic (exact) mass is 560 g/mol. The van der Waals surface area contributed by atoms with E-state index in [1.807, 2.05) is 0 Å². The lowest BCUT2D eigenvalue weighted by Gasteiger charge is -2.17. The van der Waals surface area contributed by atoms with Gasteiger partial charge in [0.15, 0.2) is 0 Å². The second-order valence-corrected chi connectivity index (χ2v) is 9.10. The minimum atomic E-state index is -5.05. The van der Waals surface area contributed by atoms with E-state index >= 15 is 0 Å². The van der Waals surface area contributed by atoms with Gasteiger partial charge in [0.05, 0.1) is 40.8 Å². The molecule has 0 spiro atoms. The highest BCUT2D eigenvalue weighted by Gasteiger charge is 2.37. The summed E-state index contributed by atoms with van der Waals surface area (Å²) in [5.41, 5.74) is -4.52. The lowest BCUT2D eigenvalue weighted by Crippen LogP contribution is -2.28. The van der Waals surface area contributed by atoms with E-state index in [9.17, 15) is 41.9 Å². The predicted molar refractivity (Wildman–Crippen MR) is 128 cm³/mol. The summed E-state index contributed by atoms with van der Waals surface area (Å²) in [5, 5.41) is 20.9. The molecule has 0 atom stereocenters. The van der Waals surface area contributed by atoms with Gasteiger partial charge in [-0.25, -0.2) is 13.8 Å². The molecule has 0 aliphatic rings. The summed E-state index contributed by atoms with van der Waals surface area (Å²) in [6, 6.07) is 8.49. The summed E-state index contributed by atoms with van der Waals surface area (Å²) in [6.45, 7) is 1.17. The number of pyridine rings is 2. The highest BCUT2D eigenvalue weighted by molar-refractivity contribution is 7.18. The first-order valence-corrected chi connectivity index (χ1v) is 11.9. The normalized spacial score (nSPS) is 11.3. The third-order valence-electron chi connectivity index (χ3n) is 5.56. The number of ether oxygens (including phenoxy) is 1. The molecule has 13 heteroatoms. The number of aromatic carboxylic acids is 1. The van der Waals surface area contributed by atoms with Gasteiger partial charge in [0.2, 0.25) is 5.88 Å². The van der Waals surface area contributed by atoms with Crippen LogP contribution in [0.4, 0.5) is 22.0 Å². The molecule has 0 amide bonds. The van der Waals surface area contributed by atoms with E-state index in [0.717, 1.165) is 28.0 Å². The van der Waals surface area contributed by atoms with Crippen LogP contribution < -0.4 is 15.4 Å². The fourth-order valence-electron chi connectivity index (χ4n) is 3.77. The van der Waals surface area contributed by atoms with Crippen molar-refractivity contribution >= 4 is 17.3 Å². The van der Waals surface area contributed by atoms with E-state index in [2.05, 4.69) is 4.98 Å². The Morgan fingerprint density at radius 3 is 2.49 bits per heavy atom. The molecule has 3 heterocycles. The van der Waals surface area contributed by atoms with Crippen LogP contribution in [0.5, 0.6) is 5.88 Å².